The number of hydrogen-bond donors (Lipinski definition) is 3. The molecule has 0 aromatic heterocycles. The van der Waals surface area contributed by atoms with Crippen LogP contribution in [0.15, 0.2) is 54.6 Å². The van der Waals surface area contributed by atoms with E-state index < -0.39 is 26.4 Å². The molecule has 0 saturated carbocycles. The SMILES string of the molecule is O=S(=O)(O)C(c1ccc(Cl)c(O)c1)(c1ccccc1Cl)c1cc(Cl)cc(O)c1Cl. The van der Waals surface area contributed by atoms with Gasteiger partial charge in [0.15, 0.2) is 4.75 Å². The van der Waals surface area contributed by atoms with Gasteiger partial charge in [-0.3, -0.25) is 4.55 Å². The molecule has 0 bridgehead atoms. The molecule has 0 saturated heterocycles. The van der Waals surface area contributed by atoms with Gasteiger partial charge in [-0.05, 0) is 29.8 Å². The minimum atomic E-state index is -5.09. The predicted octanol–water partition coefficient (Wildman–Crippen LogP) is 5.89. The van der Waals surface area contributed by atoms with Crippen LogP contribution in [-0.2, 0) is 14.9 Å². The van der Waals surface area contributed by atoms with Gasteiger partial charge >= 0.3 is 0 Å². The molecule has 0 aliphatic rings. The molecular weight excluding hydrogens is 482 g/mol. The molecule has 3 rings (SSSR count). The number of hydrogen-bond acceptors (Lipinski definition) is 4. The summed E-state index contributed by atoms with van der Waals surface area (Å²) >= 11 is 24.5. The van der Waals surface area contributed by atoms with Gasteiger partial charge in [-0.15, -0.1) is 0 Å². The molecule has 0 spiro atoms. The monoisotopic (exact) mass is 492 g/mol. The highest BCUT2D eigenvalue weighted by Crippen LogP contribution is 2.51. The van der Waals surface area contributed by atoms with E-state index in [-0.39, 0.29) is 36.8 Å². The van der Waals surface area contributed by atoms with Crippen molar-refractivity contribution in [2.24, 2.45) is 0 Å². The Morgan fingerprint density at radius 2 is 1.41 bits per heavy atom. The highest BCUT2D eigenvalue weighted by molar-refractivity contribution is 7.87. The molecule has 0 aliphatic carbocycles. The highest BCUT2D eigenvalue weighted by Gasteiger charge is 2.51. The largest absolute Gasteiger partial charge is 0.506 e. The van der Waals surface area contributed by atoms with E-state index in [0.29, 0.717) is 0 Å². The molecule has 3 N–H and O–H groups in total. The zero-order valence-corrected chi connectivity index (χ0v) is 18.1. The minimum absolute atomic E-state index is 0.0184. The van der Waals surface area contributed by atoms with Crippen molar-refractivity contribution in [3.63, 3.8) is 0 Å². The fourth-order valence-corrected chi connectivity index (χ4v) is 5.48. The normalized spacial score (nSPS) is 13.8. The molecule has 29 heavy (non-hydrogen) atoms. The van der Waals surface area contributed by atoms with Gasteiger partial charge in [0.1, 0.15) is 11.5 Å². The molecule has 0 amide bonds. The Hall–Kier alpha value is -1.67. The highest BCUT2D eigenvalue weighted by atomic mass is 35.5. The van der Waals surface area contributed by atoms with Gasteiger partial charge < -0.3 is 10.2 Å². The number of phenols is 2. The maximum absolute atomic E-state index is 13.0. The molecule has 1 unspecified atom stereocenters. The molecule has 5 nitrogen and oxygen atoms in total. The molecule has 1 atom stereocenters. The third kappa shape index (κ3) is 3.65. The van der Waals surface area contributed by atoms with Crippen LogP contribution in [0.3, 0.4) is 0 Å². The Morgan fingerprint density at radius 1 is 0.759 bits per heavy atom. The van der Waals surface area contributed by atoms with Gasteiger partial charge in [-0.1, -0.05) is 70.7 Å². The van der Waals surface area contributed by atoms with Crippen LogP contribution in [0.4, 0.5) is 0 Å². The van der Waals surface area contributed by atoms with E-state index >= 15 is 0 Å². The summed E-state index contributed by atoms with van der Waals surface area (Å²) in [6.45, 7) is 0. The molecular formula is C19H12Cl4O5S. The Morgan fingerprint density at radius 3 is 2.00 bits per heavy atom. The molecule has 10 heteroatoms. The van der Waals surface area contributed by atoms with E-state index in [1.54, 1.807) is 6.07 Å². The molecule has 0 radical (unpaired) electrons. The summed E-state index contributed by atoms with van der Waals surface area (Å²) < 4.78 is 34.0. The lowest BCUT2D eigenvalue weighted by molar-refractivity contribution is 0.455. The van der Waals surface area contributed by atoms with Crippen molar-refractivity contribution in [3.8, 4) is 11.5 Å². The van der Waals surface area contributed by atoms with Crippen molar-refractivity contribution in [3.05, 3.63) is 91.4 Å². The third-order valence-electron chi connectivity index (χ3n) is 4.39. The smallest absolute Gasteiger partial charge is 0.283 e. The van der Waals surface area contributed by atoms with E-state index in [1.807, 2.05) is 0 Å². The summed E-state index contributed by atoms with van der Waals surface area (Å²) in [4.78, 5) is 0. The van der Waals surface area contributed by atoms with Crippen molar-refractivity contribution in [2.75, 3.05) is 0 Å². The zero-order valence-electron chi connectivity index (χ0n) is 14.3. The summed E-state index contributed by atoms with van der Waals surface area (Å²) in [7, 11) is -5.09. The van der Waals surface area contributed by atoms with Crippen LogP contribution in [-0.4, -0.2) is 23.2 Å². The first-order valence-corrected chi connectivity index (χ1v) is 10.8. The third-order valence-corrected chi connectivity index (χ3v) is 7.10. The lowest BCUT2D eigenvalue weighted by Gasteiger charge is -2.34. The van der Waals surface area contributed by atoms with Crippen LogP contribution >= 0.6 is 46.4 Å². The van der Waals surface area contributed by atoms with Crippen LogP contribution < -0.4 is 0 Å². The summed E-state index contributed by atoms with van der Waals surface area (Å²) in [6, 6.07) is 11.8. The zero-order chi connectivity index (χ0) is 21.6. The second-order valence-corrected chi connectivity index (χ2v) is 9.28. The quantitative estimate of drug-likeness (QED) is 0.311. The lowest BCUT2D eigenvalue weighted by atomic mass is 9.83. The van der Waals surface area contributed by atoms with Crippen LogP contribution in [0.1, 0.15) is 16.7 Å². The van der Waals surface area contributed by atoms with E-state index in [2.05, 4.69) is 0 Å². The number of phenolic OH excluding ortho intramolecular Hbond substituents is 2. The maximum Gasteiger partial charge on any atom is 0.283 e. The minimum Gasteiger partial charge on any atom is -0.506 e. The maximum atomic E-state index is 13.0. The second kappa shape index (κ2) is 7.87. The fourth-order valence-electron chi connectivity index (χ4n) is 3.19. The van der Waals surface area contributed by atoms with E-state index in [4.69, 9.17) is 46.4 Å². The Labute approximate surface area is 186 Å². The van der Waals surface area contributed by atoms with E-state index in [0.717, 1.165) is 12.1 Å². The van der Waals surface area contributed by atoms with Gasteiger partial charge in [0.2, 0.25) is 0 Å². The number of aromatic hydroxyl groups is 2. The van der Waals surface area contributed by atoms with Crippen LogP contribution in [0.25, 0.3) is 0 Å². The molecule has 152 valence electrons. The molecule has 3 aromatic carbocycles. The van der Waals surface area contributed by atoms with Crippen molar-refractivity contribution < 1.29 is 23.2 Å². The first-order valence-electron chi connectivity index (χ1n) is 7.89. The summed E-state index contributed by atoms with van der Waals surface area (Å²) in [5.41, 5.74) is -0.463. The summed E-state index contributed by atoms with van der Waals surface area (Å²) in [5.74, 6) is -0.945. The second-order valence-electron chi connectivity index (χ2n) is 6.09. The fraction of sp³-hybridized carbons (Fsp3) is 0.0526. The van der Waals surface area contributed by atoms with Gasteiger partial charge in [0.05, 0.1) is 10.0 Å². The first-order chi connectivity index (χ1) is 13.5. The molecule has 3 aromatic rings. The Bertz CT molecular complexity index is 1210. The molecule has 0 aliphatic heterocycles. The van der Waals surface area contributed by atoms with Crippen molar-refractivity contribution in [1.82, 2.24) is 0 Å². The Kier molecular flexibility index (Phi) is 5.98. The standard InChI is InChI=1S/C19H12Cl4O5S/c20-11-8-13(18(23)17(25)9-11)19(29(26,27)28,12-3-1-2-4-14(12)21)10-5-6-15(22)16(24)7-10/h1-9,24-25H,(H,26,27,28). The first kappa shape index (κ1) is 22.0. The van der Waals surface area contributed by atoms with Gasteiger partial charge in [0, 0.05) is 27.2 Å². The van der Waals surface area contributed by atoms with Crippen LogP contribution in [0.5, 0.6) is 11.5 Å². The topological polar surface area (TPSA) is 94.8 Å². The summed E-state index contributed by atoms with van der Waals surface area (Å²) in [6.07, 6.45) is 0. The van der Waals surface area contributed by atoms with Crippen LogP contribution in [0, 0.1) is 0 Å². The summed E-state index contributed by atoms with van der Waals surface area (Å²) in [5, 5.41) is 19.8. The number of benzene rings is 3. The van der Waals surface area contributed by atoms with Gasteiger partial charge in [-0.25, -0.2) is 0 Å². The molecule has 0 fully saturated rings. The van der Waals surface area contributed by atoms with Crippen molar-refractivity contribution in [2.45, 2.75) is 4.75 Å². The Balaban J connectivity index is 2.63. The van der Waals surface area contributed by atoms with E-state index in [9.17, 15) is 23.2 Å². The van der Waals surface area contributed by atoms with Crippen LogP contribution in [0.2, 0.25) is 20.1 Å². The van der Waals surface area contributed by atoms with Crippen molar-refractivity contribution in [1.29, 1.82) is 0 Å². The average Bonchev–Trinajstić information content (AvgIpc) is 2.62. The van der Waals surface area contributed by atoms with E-state index in [1.165, 1.54) is 36.4 Å². The number of rotatable bonds is 4. The van der Waals surface area contributed by atoms with Gasteiger partial charge in [0.25, 0.3) is 10.1 Å². The van der Waals surface area contributed by atoms with Crippen molar-refractivity contribution >= 4 is 56.5 Å². The average molecular weight is 494 g/mol. The lowest BCUT2D eigenvalue weighted by Crippen LogP contribution is -2.39. The van der Waals surface area contributed by atoms with Gasteiger partial charge in [-0.2, -0.15) is 8.42 Å². The number of halogens is 4. The molecule has 0 heterocycles. The predicted molar refractivity (Wildman–Crippen MR) is 114 cm³/mol.